The average molecular weight is 300 g/mol. The molecule has 0 bridgehead atoms. The van der Waals surface area contributed by atoms with E-state index in [1.54, 1.807) is 4.90 Å². The number of aromatic nitrogens is 1. The van der Waals surface area contributed by atoms with Gasteiger partial charge in [0.1, 0.15) is 5.60 Å². The fourth-order valence-electron chi connectivity index (χ4n) is 2.97. The minimum absolute atomic E-state index is 0.223. The van der Waals surface area contributed by atoms with Gasteiger partial charge in [-0.05, 0) is 45.6 Å². The van der Waals surface area contributed by atoms with E-state index in [9.17, 15) is 4.79 Å². The summed E-state index contributed by atoms with van der Waals surface area (Å²) in [7, 11) is 0. The van der Waals surface area contributed by atoms with Crippen LogP contribution >= 0.6 is 0 Å². The number of H-pyrrole nitrogens is 1. The summed E-state index contributed by atoms with van der Waals surface area (Å²) in [5.41, 5.74) is 2.17. The van der Waals surface area contributed by atoms with E-state index in [1.807, 2.05) is 20.8 Å². The van der Waals surface area contributed by atoms with Crippen LogP contribution in [0, 0.1) is 0 Å². The van der Waals surface area contributed by atoms with Crippen molar-refractivity contribution in [1.29, 1.82) is 0 Å². The van der Waals surface area contributed by atoms with E-state index in [4.69, 9.17) is 4.74 Å². The minimum Gasteiger partial charge on any atom is -0.444 e. The molecule has 0 radical (unpaired) electrons. The van der Waals surface area contributed by atoms with Gasteiger partial charge in [-0.1, -0.05) is 18.2 Å². The minimum atomic E-state index is -0.439. The zero-order valence-electron chi connectivity index (χ0n) is 13.6. The molecule has 2 heterocycles. The summed E-state index contributed by atoms with van der Waals surface area (Å²) >= 11 is 0. The molecular weight excluding hydrogens is 276 g/mol. The number of carbonyl (C=O) groups is 1. The maximum absolute atomic E-state index is 12.1. The van der Waals surface area contributed by atoms with Gasteiger partial charge < -0.3 is 14.6 Å². The molecule has 4 heteroatoms. The van der Waals surface area contributed by atoms with Crippen LogP contribution in [-0.2, 0) is 4.74 Å². The molecule has 1 aliphatic carbocycles. The van der Waals surface area contributed by atoms with Crippen molar-refractivity contribution in [1.82, 2.24) is 9.88 Å². The molecule has 1 N–H and O–H groups in total. The Morgan fingerprint density at radius 1 is 1.23 bits per heavy atom. The predicted molar refractivity (Wildman–Crippen MR) is 88.6 cm³/mol. The van der Waals surface area contributed by atoms with Crippen molar-refractivity contribution in [2.24, 2.45) is 0 Å². The molecule has 2 aliphatic rings. The van der Waals surface area contributed by atoms with Crippen molar-refractivity contribution in [2.75, 3.05) is 13.1 Å². The van der Waals surface area contributed by atoms with Crippen molar-refractivity contribution in [3.05, 3.63) is 28.4 Å². The van der Waals surface area contributed by atoms with Crippen molar-refractivity contribution in [3.8, 4) is 0 Å². The fraction of sp³-hybridized carbons (Fsp3) is 0.500. The van der Waals surface area contributed by atoms with Crippen molar-refractivity contribution in [2.45, 2.75) is 45.6 Å². The van der Waals surface area contributed by atoms with E-state index < -0.39 is 5.60 Å². The van der Waals surface area contributed by atoms with Gasteiger partial charge in [0.15, 0.2) is 0 Å². The number of hydrogen-bond donors (Lipinski definition) is 1. The lowest BCUT2D eigenvalue weighted by atomic mass is 9.99. The maximum Gasteiger partial charge on any atom is 0.410 e. The van der Waals surface area contributed by atoms with Gasteiger partial charge in [-0.15, -0.1) is 0 Å². The lowest BCUT2D eigenvalue weighted by Crippen LogP contribution is -2.39. The number of hydrogen-bond acceptors (Lipinski definition) is 2. The van der Waals surface area contributed by atoms with E-state index in [2.05, 4.69) is 29.4 Å². The van der Waals surface area contributed by atoms with Crippen LogP contribution in [0.3, 0.4) is 0 Å². The third-order valence-corrected chi connectivity index (χ3v) is 4.02. The molecule has 118 valence electrons. The monoisotopic (exact) mass is 300 g/mol. The number of fused-ring (bicyclic) bond motifs is 1. The Morgan fingerprint density at radius 3 is 2.68 bits per heavy atom. The fourth-order valence-corrected chi connectivity index (χ4v) is 2.97. The summed E-state index contributed by atoms with van der Waals surface area (Å²) < 4.78 is 5.43. The highest BCUT2D eigenvalue weighted by Crippen LogP contribution is 2.21. The Labute approximate surface area is 131 Å². The molecule has 1 amide bonds. The van der Waals surface area contributed by atoms with E-state index in [-0.39, 0.29) is 6.09 Å². The molecule has 4 nitrogen and oxygen atoms in total. The Bertz CT molecular complexity index is 719. The number of carbonyl (C=O) groups excluding carboxylic acids is 1. The summed E-state index contributed by atoms with van der Waals surface area (Å²) in [4.78, 5) is 17.2. The number of ether oxygens (including phenoxy) is 1. The second-order valence-corrected chi connectivity index (χ2v) is 6.92. The van der Waals surface area contributed by atoms with Gasteiger partial charge >= 0.3 is 6.09 Å². The SMILES string of the molecule is CC(C)(C)OC(=O)N1CC=C(c2c[nH]c3c2=CCCC=3)CC1. The summed E-state index contributed by atoms with van der Waals surface area (Å²) in [6.45, 7) is 7.02. The zero-order chi connectivity index (χ0) is 15.7. The van der Waals surface area contributed by atoms with Crippen molar-refractivity contribution < 1.29 is 9.53 Å². The van der Waals surface area contributed by atoms with Gasteiger partial charge in [-0.2, -0.15) is 0 Å². The van der Waals surface area contributed by atoms with Crippen LogP contribution in [0.2, 0.25) is 0 Å². The highest BCUT2D eigenvalue weighted by Gasteiger charge is 2.24. The van der Waals surface area contributed by atoms with E-state index in [0.717, 1.165) is 19.3 Å². The zero-order valence-corrected chi connectivity index (χ0v) is 13.6. The number of nitrogens with zero attached hydrogens (tertiary/aromatic N) is 1. The van der Waals surface area contributed by atoms with Gasteiger partial charge in [0.2, 0.25) is 0 Å². The third-order valence-electron chi connectivity index (χ3n) is 4.02. The summed E-state index contributed by atoms with van der Waals surface area (Å²) in [5, 5.41) is 2.56. The highest BCUT2D eigenvalue weighted by atomic mass is 16.6. The molecule has 0 aromatic carbocycles. The number of amides is 1. The summed E-state index contributed by atoms with van der Waals surface area (Å²) in [6, 6.07) is 0. The Kier molecular flexibility index (Phi) is 3.85. The Morgan fingerprint density at radius 2 is 2.00 bits per heavy atom. The molecule has 1 aromatic heterocycles. The van der Waals surface area contributed by atoms with Crippen LogP contribution in [-0.4, -0.2) is 34.7 Å². The molecule has 1 aromatic rings. The van der Waals surface area contributed by atoms with Crippen LogP contribution in [0.25, 0.3) is 17.7 Å². The maximum atomic E-state index is 12.1. The van der Waals surface area contributed by atoms with Crippen molar-refractivity contribution in [3.63, 3.8) is 0 Å². The standard InChI is InChI=1S/C18H24N2O2/c1-18(2,3)22-17(21)20-10-8-13(9-11-20)15-12-19-16-7-5-4-6-14(15)16/h6-8,12,19H,4-5,9-11H2,1-3H3. The molecule has 22 heavy (non-hydrogen) atoms. The molecule has 0 unspecified atom stereocenters. The number of rotatable bonds is 1. The number of aromatic amines is 1. The van der Waals surface area contributed by atoms with Crippen LogP contribution < -0.4 is 10.6 Å². The average Bonchev–Trinajstić information content (AvgIpc) is 2.89. The molecule has 0 spiro atoms. The lowest BCUT2D eigenvalue weighted by molar-refractivity contribution is 0.0270. The Balaban J connectivity index is 1.75. The smallest absolute Gasteiger partial charge is 0.410 e. The largest absolute Gasteiger partial charge is 0.444 e. The number of nitrogens with one attached hydrogen (secondary N) is 1. The van der Waals surface area contributed by atoms with Gasteiger partial charge in [-0.3, -0.25) is 0 Å². The van der Waals surface area contributed by atoms with Crippen molar-refractivity contribution >= 4 is 23.8 Å². The molecule has 3 rings (SSSR count). The molecule has 1 aliphatic heterocycles. The molecular formula is C18H24N2O2. The first-order chi connectivity index (χ1) is 10.4. The topological polar surface area (TPSA) is 45.3 Å². The van der Waals surface area contributed by atoms with Gasteiger partial charge in [-0.25, -0.2) is 4.79 Å². The van der Waals surface area contributed by atoms with E-state index in [0.29, 0.717) is 13.1 Å². The van der Waals surface area contributed by atoms with Gasteiger partial charge in [0.25, 0.3) is 0 Å². The first kappa shape index (κ1) is 14.9. The quantitative estimate of drug-likeness (QED) is 0.865. The normalized spacial score (nSPS) is 18.0. The van der Waals surface area contributed by atoms with Crippen LogP contribution in [0.4, 0.5) is 4.79 Å². The van der Waals surface area contributed by atoms with Gasteiger partial charge in [0.05, 0.1) is 0 Å². The Hall–Kier alpha value is -1.97. The lowest BCUT2D eigenvalue weighted by Gasteiger charge is -2.29. The van der Waals surface area contributed by atoms with E-state index in [1.165, 1.54) is 21.7 Å². The first-order valence-corrected chi connectivity index (χ1v) is 7.99. The molecule has 0 saturated heterocycles. The molecule has 0 saturated carbocycles. The van der Waals surface area contributed by atoms with Gasteiger partial charge in [0, 0.05) is 35.4 Å². The third kappa shape index (κ3) is 3.11. The van der Waals surface area contributed by atoms with Crippen LogP contribution in [0.1, 0.15) is 45.6 Å². The van der Waals surface area contributed by atoms with Crippen LogP contribution in [0.5, 0.6) is 0 Å². The molecule has 0 atom stereocenters. The second-order valence-electron chi connectivity index (χ2n) is 6.92. The second kappa shape index (κ2) is 5.67. The highest BCUT2D eigenvalue weighted by molar-refractivity contribution is 5.73. The molecule has 0 fully saturated rings. The summed E-state index contributed by atoms with van der Waals surface area (Å²) in [6.07, 6.45) is 11.7. The summed E-state index contributed by atoms with van der Waals surface area (Å²) in [5.74, 6) is 0. The predicted octanol–water partition coefficient (Wildman–Crippen LogP) is 2.39. The van der Waals surface area contributed by atoms with Crippen LogP contribution in [0.15, 0.2) is 12.3 Å². The first-order valence-electron chi connectivity index (χ1n) is 7.99. The van der Waals surface area contributed by atoms with E-state index >= 15 is 0 Å².